The highest BCUT2D eigenvalue weighted by Gasteiger charge is 2.16. The van der Waals surface area contributed by atoms with Crippen LogP contribution in [0.1, 0.15) is 17.1 Å². The van der Waals surface area contributed by atoms with E-state index in [-0.39, 0.29) is 12.7 Å². The predicted octanol–water partition coefficient (Wildman–Crippen LogP) is 2.41. The van der Waals surface area contributed by atoms with E-state index in [2.05, 4.69) is 0 Å². The van der Waals surface area contributed by atoms with Crippen LogP contribution in [-0.2, 0) is 17.9 Å². The Morgan fingerprint density at radius 2 is 1.88 bits per heavy atom. The van der Waals surface area contributed by atoms with E-state index in [0.717, 1.165) is 28.6 Å². The van der Waals surface area contributed by atoms with Crippen LogP contribution in [0, 0.1) is 6.92 Å². The first-order chi connectivity index (χ1) is 11.5. The molecule has 24 heavy (non-hydrogen) atoms. The maximum absolute atomic E-state index is 12.3. The third-order valence-corrected chi connectivity index (χ3v) is 3.91. The molecule has 2 aromatic rings. The monoisotopic (exact) mass is 330 g/mol. The fourth-order valence-electron chi connectivity index (χ4n) is 2.65. The van der Waals surface area contributed by atoms with Crippen LogP contribution in [0.5, 0.6) is 11.5 Å². The van der Waals surface area contributed by atoms with Gasteiger partial charge in [0.25, 0.3) is 0 Å². The van der Waals surface area contributed by atoms with Gasteiger partial charge in [-0.1, -0.05) is 6.07 Å². The van der Waals surface area contributed by atoms with Crippen molar-refractivity contribution in [3.8, 4) is 11.5 Å². The number of rotatable bonds is 6. The largest absolute Gasteiger partial charge is 0.464 e. The summed E-state index contributed by atoms with van der Waals surface area (Å²) < 4.78 is 16.2. The first-order valence-electron chi connectivity index (χ1n) is 7.87. The second-order valence-corrected chi connectivity index (χ2v) is 6.12. The molecule has 0 N–H and O–H groups in total. The molecule has 0 saturated carbocycles. The van der Waals surface area contributed by atoms with Crippen molar-refractivity contribution in [2.45, 2.75) is 20.0 Å². The van der Waals surface area contributed by atoms with Crippen molar-refractivity contribution >= 4 is 5.91 Å². The van der Waals surface area contributed by atoms with E-state index in [1.807, 2.05) is 49.2 Å². The Morgan fingerprint density at radius 3 is 2.62 bits per heavy atom. The van der Waals surface area contributed by atoms with Crippen LogP contribution in [0.4, 0.5) is 0 Å². The van der Waals surface area contributed by atoms with Crippen molar-refractivity contribution in [1.82, 2.24) is 9.80 Å². The predicted molar refractivity (Wildman–Crippen MR) is 88.8 cm³/mol. The van der Waals surface area contributed by atoms with Crippen molar-refractivity contribution in [3.63, 3.8) is 0 Å². The van der Waals surface area contributed by atoms with Gasteiger partial charge in [-0.3, -0.25) is 9.69 Å². The number of nitrogens with zero attached hydrogens (tertiary/aromatic N) is 2. The number of furan rings is 1. The topological polar surface area (TPSA) is 55.2 Å². The summed E-state index contributed by atoms with van der Waals surface area (Å²) in [4.78, 5) is 16.0. The fraction of sp³-hybridized carbons (Fsp3) is 0.389. The molecule has 0 fully saturated rings. The van der Waals surface area contributed by atoms with Gasteiger partial charge < -0.3 is 18.8 Å². The molecule has 0 atom stereocenters. The lowest BCUT2D eigenvalue weighted by Crippen LogP contribution is -2.35. The molecule has 1 aromatic carbocycles. The van der Waals surface area contributed by atoms with Crippen molar-refractivity contribution < 1.29 is 18.7 Å². The van der Waals surface area contributed by atoms with E-state index >= 15 is 0 Å². The first kappa shape index (κ1) is 16.4. The van der Waals surface area contributed by atoms with Crippen LogP contribution in [0.15, 0.2) is 34.7 Å². The van der Waals surface area contributed by atoms with E-state index < -0.39 is 0 Å². The zero-order chi connectivity index (χ0) is 17.1. The van der Waals surface area contributed by atoms with E-state index in [9.17, 15) is 4.79 Å². The van der Waals surface area contributed by atoms with Crippen LogP contribution in [0.3, 0.4) is 0 Å². The maximum atomic E-state index is 12.3. The van der Waals surface area contributed by atoms with E-state index in [4.69, 9.17) is 13.9 Å². The van der Waals surface area contributed by atoms with Gasteiger partial charge >= 0.3 is 0 Å². The lowest BCUT2D eigenvalue weighted by Gasteiger charge is -2.21. The summed E-state index contributed by atoms with van der Waals surface area (Å²) in [5.74, 6) is 3.23. The van der Waals surface area contributed by atoms with E-state index in [0.29, 0.717) is 19.6 Å². The number of aryl methyl sites for hydroxylation is 1. The highest BCUT2D eigenvalue weighted by atomic mass is 16.7. The molecule has 128 valence electrons. The zero-order valence-corrected chi connectivity index (χ0v) is 14.2. The maximum Gasteiger partial charge on any atom is 0.236 e. The Hall–Kier alpha value is -2.47. The van der Waals surface area contributed by atoms with Gasteiger partial charge in [-0.05, 0) is 43.8 Å². The Morgan fingerprint density at radius 1 is 1.08 bits per heavy atom. The van der Waals surface area contributed by atoms with Gasteiger partial charge in [0.05, 0.1) is 13.1 Å². The summed E-state index contributed by atoms with van der Waals surface area (Å²) in [5.41, 5.74) is 1.08. The molecule has 1 aliphatic heterocycles. The smallest absolute Gasteiger partial charge is 0.236 e. The summed E-state index contributed by atoms with van der Waals surface area (Å²) in [6.45, 7) is 3.64. The highest BCUT2D eigenvalue weighted by molar-refractivity contribution is 5.77. The molecular weight excluding hydrogens is 308 g/mol. The van der Waals surface area contributed by atoms with Crippen LogP contribution in [0.25, 0.3) is 0 Å². The number of hydrogen-bond acceptors (Lipinski definition) is 5. The Balaban J connectivity index is 1.52. The van der Waals surface area contributed by atoms with Crippen LogP contribution in [-0.4, -0.2) is 43.1 Å². The number of benzene rings is 1. The molecule has 0 radical (unpaired) electrons. The number of amides is 1. The Bertz CT molecular complexity index is 726. The van der Waals surface area contributed by atoms with Crippen molar-refractivity contribution in [2.75, 3.05) is 27.4 Å². The zero-order valence-electron chi connectivity index (χ0n) is 14.2. The molecule has 1 aliphatic rings. The average molecular weight is 330 g/mol. The molecule has 0 spiro atoms. The molecule has 6 nitrogen and oxygen atoms in total. The Labute approximate surface area is 141 Å². The van der Waals surface area contributed by atoms with E-state index in [1.165, 1.54) is 0 Å². The first-order valence-corrected chi connectivity index (χ1v) is 7.87. The summed E-state index contributed by atoms with van der Waals surface area (Å²) >= 11 is 0. The molecule has 0 aliphatic carbocycles. The molecule has 1 aromatic heterocycles. The van der Waals surface area contributed by atoms with Gasteiger partial charge in [-0.2, -0.15) is 0 Å². The minimum atomic E-state index is 0.0484. The minimum Gasteiger partial charge on any atom is -0.464 e. The van der Waals surface area contributed by atoms with Crippen LogP contribution < -0.4 is 9.47 Å². The number of fused-ring (bicyclic) bond motifs is 1. The van der Waals surface area contributed by atoms with Gasteiger partial charge in [-0.25, -0.2) is 0 Å². The number of carbonyl (C=O) groups excluding carboxylic acids is 1. The standard InChI is InChI=1S/C18H22N2O4/c1-13-4-6-15(24-13)10-20(3)18(21)11-19(2)9-14-5-7-16-17(8-14)23-12-22-16/h4-8H,9-12H2,1-3H3. The molecule has 3 rings (SSSR count). The second-order valence-electron chi connectivity index (χ2n) is 6.12. The van der Waals surface area contributed by atoms with Crippen LogP contribution >= 0.6 is 0 Å². The summed E-state index contributed by atoms with van der Waals surface area (Å²) in [7, 11) is 3.71. The number of ether oxygens (including phenoxy) is 2. The summed E-state index contributed by atoms with van der Waals surface area (Å²) in [6, 6.07) is 9.65. The summed E-state index contributed by atoms with van der Waals surface area (Å²) in [6.07, 6.45) is 0. The molecule has 1 amide bonds. The summed E-state index contributed by atoms with van der Waals surface area (Å²) in [5, 5.41) is 0. The third-order valence-electron chi connectivity index (χ3n) is 3.91. The van der Waals surface area contributed by atoms with Gasteiger partial charge in [0.1, 0.15) is 11.5 Å². The lowest BCUT2D eigenvalue weighted by atomic mass is 10.2. The molecule has 6 heteroatoms. The highest BCUT2D eigenvalue weighted by Crippen LogP contribution is 2.32. The molecule has 0 saturated heterocycles. The Kier molecular flexibility index (Phi) is 4.76. The van der Waals surface area contributed by atoms with Crippen molar-refractivity contribution in [2.24, 2.45) is 0 Å². The molecular formula is C18H22N2O4. The van der Waals surface area contributed by atoms with Gasteiger partial charge in [-0.15, -0.1) is 0 Å². The SMILES string of the molecule is Cc1ccc(CN(C)C(=O)CN(C)Cc2ccc3c(c2)OCO3)o1. The van der Waals surface area contributed by atoms with Crippen LogP contribution in [0.2, 0.25) is 0 Å². The normalized spacial score (nSPS) is 12.7. The third kappa shape index (κ3) is 3.89. The quantitative estimate of drug-likeness (QED) is 0.814. The molecule has 0 unspecified atom stereocenters. The van der Waals surface area contributed by atoms with E-state index in [1.54, 1.807) is 11.9 Å². The lowest BCUT2D eigenvalue weighted by molar-refractivity contribution is -0.131. The molecule has 0 bridgehead atoms. The molecule has 2 heterocycles. The number of likely N-dealkylation sites (N-methyl/N-ethyl adjacent to an activating group) is 2. The second kappa shape index (κ2) is 6.97. The van der Waals surface area contributed by atoms with Gasteiger partial charge in [0, 0.05) is 13.6 Å². The average Bonchev–Trinajstić information content (AvgIpc) is 3.15. The van der Waals surface area contributed by atoms with Gasteiger partial charge in [0.2, 0.25) is 12.7 Å². The fourth-order valence-corrected chi connectivity index (χ4v) is 2.65. The minimum absolute atomic E-state index is 0.0484. The van der Waals surface area contributed by atoms with Crippen molar-refractivity contribution in [1.29, 1.82) is 0 Å². The van der Waals surface area contributed by atoms with Gasteiger partial charge in [0.15, 0.2) is 11.5 Å². The van der Waals surface area contributed by atoms with Crippen molar-refractivity contribution in [3.05, 3.63) is 47.4 Å². The number of carbonyl (C=O) groups is 1. The number of hydrogen-bond donors (Lipinski definition) is 0.